The first-order valence-electron chi connectivity index (χ1n) is 22.1. The lowest BCUT2D eigenvalue weighted by molar-refractivity contribution is -0.432. The summed E-state index contributed by atoms with van der Waals surface area (Å²) in [6.07, 6.45) is 1.77. The first-order chi connectivity index (χ1) is 32.8. The highest BCUT2D eigenvalue weighted by atomic mass is 32.2. The summed E-state index contributed by atoms with van der Waals surface area (Å²) in [5.74, 6) is -1.30. The fourth-order valence-electron chi connectivity index (χ4n) is 6.75. The van der Waals surface area contributed by atoms with E-state index in [0.717, 1.165) is 12.0 Å². The zero-order chi connectivity index (χ0) is 51.9. The topological polar surface area (TPSA) is 239 Å². The summed E-state index contributed by atoms with van der Waals surface area (Å²) in [4.78, 5) is 38.4. The van der Waals surface area contributed by atoms with Crippen molar-refractivity contribution in [2.75, 3.05) is 51.4 Å². The minimum absolute atomic E-state index is 0.0452. The fourth-order valence-corrected chi connectivity index (χ4v) is 9.86. The minimum atomic E-state index is -4.33. The van der Waals surface area contributed by atoms with Crippen LogP contribution >= 0.6 is 36.7 Å². The summed E-state index contributed by atoms with van der Waals surface area (Å²) in [5.41, 5.74) is 0.189. The van der Waals surface area contributed by atoms with Crippen LogP contribution in [0.1, 0.15) is 90.4 Å². The number of hydrogen-bond donors (Lipinski definition) is 3. The van der Waals surface area contributed by atoms with Gasteiger partial charge in [-0.05, 0) is 112 Å². The maximum Gasteiger partial charge on any atom is 0.407 e. The van der Waals surface area contributed by atoms with Gasteiger partial charge in [0.05, 0.1) is 42.0 Å². The molecule has 0 saturated carbocycles. The van der Waals surface area contributed by atoms with Crippen LogP contribution in [0.3, 0.4) is 0 Å². The molecule has 3 atom stereocenters. The number of alkyl carbamates (subject to hydrolysis) is 1. The quantitative estimate of drug-likeness (QED) is 0.00507. The van der Waals surface area contributed by atoms with E-state index in [2.05, 4.69) is 21.4 Å². The van der Waals surface area contributed by atoms with Gasteiger partial charge in [0, 0.05) is 53.7 Å². The SMILES string of the molecule is C=[N+](CCS(=O)(=O)O)c1ccc2c(-c3cc(P(=O)(OCCCCCC(=O)OC(C)(C)C)OCCCCNC(=O)OC(C)(C)C)ccc3C(=O)OP(F)P)c3ccc(=[N+](C)CCSOOO)cc-3oc2c1. The number of carbonyl (C=O) groups excluding carboxylic acids is 3. The zero-order valence-corrected chi connectivity index (χ0v) is 44.8. The number of nitrogens with zero attached hydrogens (tertiary/aromatic N) is 2. The Morgan fingerprint density at radius 3 is 2.24 bits per heavy atom. The van der Waals surface area contributed by atoms with Crippen LogP contribution in [0.25, 0.3) is 33.4 Å². The predicted molar refractivity (Wildman–Crippen MR) is 270 cm³/mol. The summed E-state index contributed by atoms with van der Waals surface area (Å²) in [5, 5.41) is 16.0. The summed E-state index contributed by atoms with van der Waals surface area (Å²) < 4.78 is 105. The first kappa shape index (κ1) is 58.7. The Morgan fingerprint density at radius 1 is 0.914 bits per heavy atom. The highest BCUT2D eigenvalue weighted by Crippen LogP contribution is 2.51. The van der Waals surface area contributed by atoms with Crippen molar-refractivity contribution in [3.8, 4) is 22.5 Å². The molecule has 4 rings (SSSR count). The zero-order valence-electron chi connectivity index (χ0n) is 40.3. The van der Waals surface area contributed by atoms with E-state index < -0.39 is 54.9 Å². The largest absolute Gasteiger partial charge is 0.460 e. The first-order valence-corrected chi connectivity index (χ1v) is 29.0. The Morgan fingerprint density at radius 2 is 1.60 bits per heavy atom. The lowest BCUT2D eigenvalue weighted by Gasteiger charge is -2.22. The van der Waals surface area contributed by atoms with E-state index in [-0.39, 0.29) is 60.7 Å². The second-order valence-corrected chi connectivity index (χ2v) is 24.2. The highest BCUT2D eigenvalue weighted by Gasteiger charge is 2.32. The van der Waals surface area contributed by atoms with Gasteiger partial charge in [-0.25, -0.2) is 24.0 Å². The van der Waals surface area contributed by atoms with Crippen molar-refractivity contribution in [3.63, 3.8) is 0 Å². The van der Waals surface area contributed by atoms with Crippen molar-refractivity contribution in [2.24, 2.45) is 0 Å². The Kier molecular flexibility index (Phi) is 22.4. The second kappa shape index (κ2) is 26.7. The number of carbonyl (C=O) groups is 3. The number of nitrogens with one attached hydrogen (secondary N) is 1. The third-order valence-electron chi connectivity index (χ3n) is 9.89. The summed E-state index contributed by atoms with van der Waals surface area (Å²) >= 11 is 0.872. The molecular formula is C45H63FN3O16P3S2+2. The molecule has 0 spiro atoms. The van der Waals surface area contributed by atoms with E-state index in [1.54, 1.807) is 77.9 Å². The Hall–Kier alpha value is -3.91. The van der Waals surface area contributed by atoms with E-state index in [1.165, 1.54) is 22.8 Å². The van der Waals surface area contributed by atoms with Crippen LogP contribution in [0.2, 0.25) is 0 Å². The van der Waals surface area contributed by atoms with E-state index in [9.17, 15) is 31.6 Å². The van der Waals surface area contributed by atoms with Gasteiger partial charge in [-0.15, -0.1) is 4.33 Å². The van der Waals surface area contributed by atoms with Gasteiger partial charge in [0.1, 0.15) is 42.1 Å². The van der Waals surface area contributed by atoms with Gasteiger partial charge in [-0.1, -0.05) is 11.5 Å². The third kappa shape index (κ3) is 19.3. The lowest BCUT2D eigenvalue weighted by Crippen LogP contribution is -2.33. The molecule has 1 amide bonds. The van der Waals surface area contributed by atoms with Crippen LogP contribution in [0.5, 0.6) is 0 Å². The van der Waals surface area contributed by atoms with Crippen LogP contribution < -0.4 is 20.6 Å². The molecule has 0 radical (unpaired) electrons. The van der Waals surface area contributed by atoms with E-state index in [0.29, 0.717) is 77.7 Å². The van der Waals surface area contributed by atoms with Gasteiger partial charge in [-0.3, -0.25) is 13.9 Å². The van der Waals surface area contributed by atoms with Gasteiger partial charge in [0.25, 0.3) is 18.3 Å². The number of esters is 1. The molecule has 1 aliphatic heterocycles. The van der Waals surface area contributed by atoms with Crippen molar-refractivity contribution in [3.05, 3.63) is 65.5 Å². The van der Waals surface area contributed by atoms with Crippen molar-refractivity contribution in [2.45, 2.75) is 91.3 Å². The number of amides is 1. The molecule has 2 aromatic rings. The maximum absolute atomic E-state index is 15.2. The van der Waals surface area contributed by atoms with Gasteiger partial charge >= 0.3 is 25.6 Å². The van der Waals surface area contributed by atoms with Crippen LogP contribution in [-0.4, -0.2) is 110 Å². The Bertz CT molecular complexity index is 2630. The number of fused-ring (bicyclic) bond motifs is 2. The molecule has 0 fully saturated rings. The molecule has 1 aliphatic carbocycles. The number of unbranched alkanes of at least 4 members (excludes halogenated alkanes) is 3. The molecule has 70 heavy (non-hydrogen) atoms. The molecule has 0 bridgehead atoms. The number of hydrogen-bond acceptors (Lipinski definition) is 16. The fraction of sp³-hybridized carbons (Fsp3) is 0.489. The number of rotatable bonds is 26. The monoisotopic (exact) mass is 1080 g/mol. The van der Waals surface area contributed by atoms with Gasteiger partial charge < -0.3 is 32.8 Å². The smallest absolute Gasteiger partial charge is 0.407 e. The standard InChI is InChI=1S/C45H61FN3O16P3S2/c1-44(2,3)61-40(50)14-10-9-12-24-58-68(54,59-25-13-11-21-47-43(52)62-45(4,5)6)33-17-20-34(42(51)63-67(46)66)37(30-33)41-35-18-15-31(48(7)22-26-69-65-64-53)28-38(35)60-39-29-32(16-19-36(39)41)49(8)23-27-70(55,56)57/h15-20,28-30H,8-14,21-27,66H2,1-7H3,(H-2,47,52,53,55,56,57)/p+2. The van der Waals surface area contributed by atoms with E-state index >= 15 is 4.57 Å². The molecule has 2 aromatic carbocycles. The minimum Gasteiger partial charge on any atom is -0.460 e. The number of ether oxygens (including phenoxy) is 2. The average molecular weight is 1080 g/mol. The van der Waals surface area contributed by atoms with Crippen LogP contribution in [0.15, 0.2) is 59.0 Å². The molecule has 3 N–H and O–H groups in total. The summed E-state index contributed by atoms with van der Waals surface area (Å²) in [6.45, 7) is 14.9. The average Bonchev–Trinajstić information content (AvgIpc) is 3.26. The molecule has 3 unspecified atom stereocenters. The van der Waals surface area contributed by atoms with Crippen molar-refractivity contribution in [1.29, 1.82) is 0 Å². The summed E-state index contributed by atoms with van der Waals surface area (Å²) in [7, 11) is -7.73. The maximum atomic E-state index is 15.2. The van der Waals surface area contributed by atoms with Crippen LogP contribution in [0, 0.1) is 0 Å². The van der Waals surface area contributed by atoms with Crippen molar-refractivity contribution in [1.82, 2.24) is 9.89 Å². The van der Waals surface area contributed by atoms with Crippen molar-refractivity contribution < 1.29 is 82.8 Å². The highest BCUT2D eigenvalue weighted by molar-refractivity contribution is 8.08. The van der Waals surface area contributed by atoms with Gasteiger partial charge in [0.15, 0.2) is 13.1 Å². The lowest BCUT2D eigenvalue weighted by atomic mass is 9.90. The number of halogens is 1. The molecule has 2 aliphatic rings. The van der Waals surface area contributed by atoms with Crippen molar-refractivity contribution >= 4 is 93.5 Å². The molecule has 386 valence electrons. The molecule has 19 nitrogen and oxygen atoms in total. The van der Waals surface area contributed by atoms with Crippen LogP contribution in [0.4, 0.5) is 14.7 Å². The normalized spacial score (nSPS) is 13.9. The van der Waals surface area contributed by atoms with E-state index in [1.807, 2.05) is 20.6 Å². The van der Waals surface area contributed by atoms with Gasteiger partial charge in [0.2, 0.25) is 11.0 Å². The molecule has 0 saturated heterocycles. The number of benzene rings is 3. The molecular weight excluding hydrogens is 1010 g/mol. The van der Waals surface area contributed by atoms with E-state index in [4.69, 9.17) is 32.7 Å². The Balaban J connectivity index is 1.87. The third-order valence-corrected chi connectivity index (χ3v) is 13.7. The van der Waals surface area contributed by atoms with Crippen LogP contribution in [-0.2, 0) is 51.9 Å². The predicted octanol–water partition coefficient (Wildman–Crippen LogP) is 9.20. The second-order valence-electron chi connectivity index (χ2n) is 17.9. The Labute approximate surface area is 415 Å². The molecule has 25 heteroatoms. The van der Waals surface area contributed by atoms with Gasteiger partial charge in [-0.2, -0.15) is 12.6 Å². The summed E-state index contributed by atoms with van der Waals surface area (Å²) in [6, 6.07) is 14.4. The molecule has 1 heterocycles. The molecule has 0 aromatic heterocycles.